The van der Waals surface area contributed by atoms with Crippen molar-refractivity contribution in [3.63, 3.8) is 0 Å². The van der Waals surface area contributed by atoms with Gasteiger partial charge in [0, 0.05) is 6.42 Å². The lowest BCUT2D eigenvalue weighted by atomic mass is 10.1. The molecule has 1 fully saturated rings. The fourth-order valence-corrected chi connectivity index (χ4v) is 4.51. The number of nitrogen functional groups attached to an aromatic ring is 1. The molecule has 17 nitrogen and oxygen atoms in total. The van der Waals surface area contributed by atoms with Gasteiger partial charge >= 0.3 is 10.4 Å². The van der Waals surface area contributed by atoms with E-state index in [2.05, 4.69) is 21.2 Å². The summed E-state index contributed by atoms with van der Waals surface area (Å²) in [5, 5.41) is 20.7. The molecule has 1 aliphatic heterocycles. The normalized spacial score (nSPS) is 23.5. The number of aliphatic hydroxyl groups excluding tert-OH is 2. The second-order valence-corrected chi connectivity index (χ2v) is 10.9. The molecule has 2 aromatic heterocycles. The summed E-state index contributed by atoms with van der Waals surface area (Å²) >= 11 is 0. The van der Waals surface area contributed by atoms with Crippen molar-refractivity contribution in [2.24, 2.45) is 5.73 Å². The van der Waals surface area contributed by atoms with Gasteiger partial charge in [-0.05, 0) is 17.4 Å². The largest absolute Gasteiger partial charge is 0.726 e. The lowest BCUT2D eigenvalue weighted by molar-refractivity contribution is -0.0290. The first kappa shape index (κ1) is 30.3. The van der Waals surface area contributed by atoms with E-state index in [0.717, 1.165) is 12.2 Å². The molecule has 2 aromatic rings. The summed E-state index contributed by atoms with van der Waals surface area (Å²) < 4.78 is 71.9. The molecule has 9 N–H and O–H groups in total. The van der Waals surface area contributed by atoms with E-state index in [0.29, 0.717) is 23.5 Å². The van der Waals surface area contributed by atoms with Crippen molar-refractivity contribution < 1.29 is 50.0 Å². The van der Waals surface area contributed by atoms with Crippen molar-refractivity contribution in [3.05, 3.63) is 12.7 Å². The van der Waals surface area contributed by atoms with Crippen molar-refractivity contribution in [1.82, 2.24) is 19.5 Å². The maximum absolute atomic E-state index is 10.4. The van der Waals surface area contributed by atoms with Crippen LogP contribution < -0.4 is 11.5 Å². The SMILES string of the molecule is C[S+](CCCN)C[C@H]1O[C@@H](n2cnc3c(N)ncnc32)[C@H](O)[C@@H]1O.O=S(=O)(O)O.O=S(=O)([O-])O. The minimum Gasteiger partial charge on any atom is -0.726 e. The third-order valence-corrected chi connectivity index (χ3v) is 6.03. The Balaban J connectivity index is 0.000000489. The van der Waals surface area contributed by atoms with E-state index in [4.69, 9.17) is 51.3 Å². The average molecular weight is 551 g/mol. The number of nitrogens with zero attached hydrogens (tertiary/aromatic N) is 4. The Kier molecular flexibility index (Phi) is 11.4. The van der Waals surface area contributed by atoms with Gasteiger partial charge in [-0.15, -0.1) is 0 Å². The maximum atomic E-state index is 10.4. The molecule has 1 unspecified atom stereocenters. The fraction of sp³-hybridized carbons (Fsp3) is 0.643. The zero-order valence-corrected chi connectivity index (χ0v) is 20.1. The highest BCUT2D eigenvalue weighted by molar-refractivity contribution is 7.96. The molecule has 34 heavy (non-hydrogen) atoms. The van der Waals surface area contributed by atoms with Crippen LogP contribution in [0.4, 0.5) is 5.82 Å². The monoisotopic (exact) mass is 550 g/mol. The summed E-state index contributed by atoms with van der Waals surface area (Å²) in [6.07, 6.45) is 2.68. The van der Waals surface area contributed by atoms with Gasteiger partial charge in [0.2, 0.25) is 10.4 Å². The van der Waals surface area contributed by atoms with E-state index >= 15 is 0 Å². The van der Waals surface area contributed by atoms with Gasteiger partial charge in [0.1, 0.15) is 41.7 Å². The van der Waals surface area contributed by atoms with Crippen LogP contribution in [-0.2, 0) is 36.4 Å². The summed E-state index contributed by atoms with van der Waals surface area (Å²) in [4.78, 5) is 12.2. The van der Waals surface area contributed by atoms with Crippen LogP contribution in [0, 0.1) is 0 Å². The van der Waals surface area contributed by atoms with Crippen molar-refractivity contribution in [3.8, 4) is 0 Å². The number of fused-ring (bicyclic) bond motifs is 1. The zero-order valence-electron chi connectivity index (χ0n) is 17.6. The van der Waals surface area contributed by atoms with Gasteiger partial charge in [0.05, 0.1) is 12.6 Å². The molecule has 5 atom stereocenters. The predicted molar refractivity (Wildman–Crippen MR) is 119 cm³/mol. The number of ether oxygens (including phenoxy) is 1. The Morgan fingerprint density at radius 3 is 2.24 bits per heavy atom. The first-order valence-electron chi connectivity index (χ1n) is 9.15. The summed E-state index contributed by atoms with van der Waals surface area (Å²) in [7, 11) is -9.52. The number of aromatic nitrogens is 4. The minimum atomic E-state index is -4.92. The Hall–Kier alpha value is -1.72. The minimum absolute atomic E-state index is 0.0655. The second-order valence-electron chi connectivity index (χ2n) is 6.80. The summed E-state index contributed by atoms with van der Waals surface area (Å²) in [5.74, 6) is 1.93. The van der Waals surface area contributed by atoms with E-state index in [1.165, 1.54) is 12.7 Å². The third kappa shape index (κ3) is 10.7. The highest BCUT2D eigenvalue weighted by Crippen LogP contribution is 2.32. The number of nitrogens with two attached hydrogens (primary N) is 2. The van der Waals surface area contributed by atoms with E-state index in [1.54, 1.807) is 4.57 Å². The predicted octanol–water partition coefficient (Wildman–Crippen LogP) is -3.02. The van der Waals surface area contributed by atoms with E-state index in [-0.39, 0.29) is 16.7 Å². The topological polar surface area (TPSA) is 297 Å². The molecular formula is C14H26N6O11S3. The molecule has 0 spiro atoms. The van der Waals surface area contributed by atoms with Crippen molar-refractivity contribution in [2.45, 2.75) is 31.0 Å². The van der Waals surface area contributed by atoms with Gasteiger partial charge in [-0.1, -0.05) is 0 Å². The Morgan fingerprint density at radius 1 is 1.15 bits per heavy atom. The van der Waals surface area contributed by atoms with Crippen molar-refractivity contribution in [1.29, 1.82) is 0 Å². The second kappa shape index (κ2) is 12.8. The van der Waals surface area contributed by atoms with Gasteiger partial charge in [-0.3, -0.25) is 18.2 Å². The Bertz CT molecular complexity index is 1080. The number of aliphatic hydroxyl groups is 2. The number of imidazole rings is 1. The molecule has 0 aliphatic carbocycles. The zero-order chi connectivity index (χ0) is 26.3. The highest BCUT2D eigenvalue weighted by atomic mass is 32.3. The number of hydrogen-bond donors (Lipinski definition) is 7. The lowest BCUT2D eigenvalue weighted by Gasteiger charge is -2.16. The highest BCUT2D eigenvalue weighted by Gasteiger charge is 2.46. The van der Waals surface area contributed by atoms with Gasteiger partial charge in [-0.25, -0.2) is 23.4 Å². The van der Waals surface area contributed by atoms with E-state index in [9.17, 15) is 10.2 Å². The molecule has 0 amide bonds. The van der Waals surface area contributed by atoms with Gasteiger partial charge in [0.25, 0.3) is 0 Å². The van der Waals surface area contributed by atoms with Crippen LogP contribution in [0.25, 0.3) is 11.2 Å². The average Bonchev–Trinajstić information content (AvgIpc) is 3.21. The molecule has 3 rings (SSSR count). The number of hydrogen-bond acceptors (Lipinski definition) is 13. The number of anilines is 1. The number of rotatable bonds is 6. The Morgan fingerprint density at radius 2 is 1.71 bits per heavy atom. The van der Waals surface area contributed by atoms with Crippen molar-refractivity contribution in [2.75, 3.05) is 30.0 Å². The van der Waals surface area contributed by atoms with Crippen molar-refractivity contribution >= 4 is 48.7 Å². The summed E-state index contributed by atoms with van der Waals surface area (Å²) in [6.45, 7) is 0.652. The van der Waals surface area contributed by atoms with E-state index in [1.807, 2.05) is 0 Å². The van der Waals surface area contributed by atoms with Gasteiger partial charge in [0.15, 0.2) is 17.7 Å². The van der Waals surface area contributed by atoms with Crippen LogP contribution in [0.2, 0.25) is 0 Å². The summed E-state index contributed by atoms with van der Waals surface area (Å²) in [5.41, 5.74) is 12.2. The molecule has 0 saturated carbocycles. The lowest BCUT2D eigenvalue weighted by Crippen LogP contribution is -2.35. The first-order valence-corrected chi connectivity index (χ1v) is 13.9. The molecule has 1 saturated heterocycles. The van der Waals surface area contributed by atoms with Crippen LogP contribution in [0.15, 0.2) is 12.7 Å². The first-order chi connectivity index (χ1) is 15.5. The molecule has 0 bridgehead atoms. The fourth-order valence-electron chi connectivity index (χ4n) is 2.85. The quantitative estimate of drug-likeness (QED) is 0.107. The van der Waals surface area contributed by atoms with E-state index < -0.39 is 45.3 Å². The smallest absolute Gasteiger partial charge is 0.394 e. The maximum Gasteiger partial charge on any atom is 0.394 e. The van der Waals surface area contributed by atoms with Gasteiger partial charge < -0.3 is 31.0 Å². The van der Waals surface area contributed by atoms with Gasteiger partial charge in [-0.2, -0.15) is 8.42 Å². The van der Waals surface area contributed by atoms with Crippen LogP contribution in [0.3, 0.4) is 0 Å². The van der Waals surface area contributed by atoms with Crippen LogP contribution in [0.5, 0.6) is 0 Å². The van der Waals surface area contributed by atoms with Crippen LogP contribution in [-0.4, -0.2) is 107 Å². The summed E-state index contributed by atoms with van der Waals surface area (Å²) in [6, 6.07) is 0. The standard InChI is InChI=1S/C14H23N6O3S.2H2O4S/c1-24(4-2-3-15)5-8-10(21)11(22)14(23-8)20-7-19-9-12(16)17-6-18-13(9)20;2*1-5(2,3)4/h6-8,10-11,14,21-22H,2-5,15H2,1H3,(H2,16,17,18);2*(H2,1,2,3,4)/q+1;;/p-1/t8-,10-,11-,14-,24?;;/m1../s1. The molecular weight excluding hydrogens is 524 g/mol. The molecule has 3 heterocycles. The van der Waals surface area contributed by atoms with Crippen LogP contribution in [0.1, 0.15) is 12.6 Å². The third-order valence-electron chi connectivity index (χ3n) is 4.14. The van der Waals surface area contributed by atoms with Crippen LogP contribution >= 0.6 is 0 Å². The molecule has 1 aliphatic rings. The Labute approximate surface area is 197 Å². The molecule has 20 heteroatoms. The molecule has 0 radical (unpaired) electrons. The molecule has 0 aromatic carbocycles. The molecule has 196 valence electrons.